The quantitative estimate of drug-likeness (QED) is 0.665. The maximum atomic E-state index is 13.1. The van der Waals surface area contributed by atoms with Crippen molar-refractivity contribution in [2.24, 2.45) is 0 Å². The molecular weight excluding hydrogens is 346 g/mol. The number of nitrogens with zero attached hydrogens (tertiary/aromatic N) is 1. The third kappa shape index (κ3) is 3.29. The Morgan fingerprint density at radius 1 is 1.07 bits per heavy atom. The van der Waals surface area contributed by atoms with Crippen molar-refractivity contribution in [3.63, 3.8) is 0 Å². The first-order chi connectivity index (χ1) is 13.0. The lowest BCUT2D eigenvalue weighted by Crippen LogP contribution is -2.24. The molecule has 27 heavy (non-hydrogen) atoms. The van der Waals surface area contributed by atoms with Gasteiger partial charge < -0.3 is 14.6 Å². The topological polar surface area (TPSA) is 76.1 Å². The number of hydrogen-bond acceptors (Lipinski definition) is 5. The van der Waals surface area contributed by atoms with Crippen LogP contribution in [0.15, 0.2) is 65.4 Å². The first-order valence-electron chi connectivity index (χ1n) is 8.25. The average Bonchev–Trinajstić information content (AvgIpc) is 2.93. The Kier molecular flexibility index (Phi) is 4.98. The summed E-state index contributed by atoms with van der Waals surface area (Å²) in [6.45, 7) is 1.68. The smallest absolute Gasteiger partial charge is 0.340 e. The SMILES string of the molecule is COC(=O)C1=C(C)N(c2ccc(OC)cc2)C(=O)C1=Cc1ccccc1O. The highest BCUT2D eigenvalue weighted by molar-refractivity contribution is 6.23. The molecule has 6 nitrogen and oxygen atoms in total. The van der Waals surface area contributed by atoms with E-state index in [1.54, 1.807) is 56.5 Å². The van der Waals surface area contributed by atoms with E-state index in [1.165, 1.54) is 24.2 Å². The summed E-state index contributed by atoms with van der Waals surface area (Å²) in [6, 6.07) is 13.5. The van der Waals surface area contributed by atoms with Crippen LogP contribution in [0, 0.1) is 0 Å². The molecule has 0 spiro atoms. The Bertz CT molecular complexity index is 957. The lowest BCUT2D eigenvalue weighted by Gasteiger charge is -2.18. The summed E-state index contributed by atoms with van der Waals surface area (Å²) in [5.74, 6) is -0.312. The summed E-state index contributed by atoms with van der Waals surface area (Å²) in [5.41, 5.74) is 1.82. The van der Waals surface area contributed by atoms with Gasteiger partial charge in [-0.25, -0.2) is 4.79 Å². The lowest BCUT2D eigenvalue weighted by molar-refractivity contribution is -0.136. The number of allylic oxidation sites excluding steroid dienone is 1. The predicted octanol–water partition coefficient (Wildman–Crippen LogP) is 3.28. The van der Waals surface area contributed by atoms with Crippen molar-refractivity contribution in [2.75, 3.05) is 19.1 Å². The van der Waals surface area contributed by atoms with E-state index in [-0.39, 0.29) is 22.8 Å². The van der Waals surface area contributed by atoms with Gasteiger partial charge in [-0.15, -0.1) is 0 Å². The maximum absolute atomic E-state index is 13.1. The van der Waals surface area contributed by atoms with Crippen LogP contribution in [0.1, 0.15) is 12.5 Å². The second-order valence-corrected chi connectivity index (χ2v) is 5.91. The van der Waals surface area contributed by atoms with Crippen LogP contribution in [0.2, 0.25) is 0 Å². The first-order valence-corrected chi connectivity index (χ1v) is 8.25. The second-order valence-electron chi connectivity index (χ2n) is 5.91. The number of phenols is 1. The van der Waals surface area contributed by atoms with Gasteiger partial charge in [0.25, 0.3) is 5.91 Å². The highest BCUT2D eigenvalue weighted by Crippen LogP contribution is 2.36. The van der Waals surface area contributed by atoms with Gasteiger partial charge in [0.1, 0.15) is 11.5 Å². The summed E-state index contributed by atoms with van der Waals surface area (Å²) in [5, 5.41) is 10.0. The molecule has 0 atom stereocenters. The van der Waals surface area contributed by atoms with Gasteiger partial charge >= 0.3 is 5.97 Å². The number of benzene rings is 2. The number of rotatable bonds is 4. The molecule has 1 heterocycles. The molecule has 3 rings (SSSR count). The van der Waals surface area contributed by atoms with E-state index in [2.05, 4.69) is 0 Å². The Balaban J connectivity index is 2.13. The summed E-state index contributed by atoms with van der Waals surface area (Å²) in [7, 11) is 2.82. The highest BCUT2D eigenvalue weighted by Gasteiger charge is 2.38. The highest BCUT2D eigenvalue weighted by atomic mass is 16.5. The zero-order valence-electron chi connectivity index (χ0n) is 15.2. The van der Waals surface area contributed by atoms with Crippen LogP contribution in [-0.2, 0) is 14.3 Å². The number of carbonyl (C=O) groups excluding carboxylic acids is 2. The van der Waals surface area contributed by atoms with Crippen LogP contribution in [0.5, 0.6) is 11.5 Å². The van der Waals surface area contributed by atoms with E-state index < -0.39 is 5.97 Å². The predicted molar refractivity (Wildman–Crippen MR) is 101 cm³/mol. The minimum absolute atomic E-state index is 0.0163. The molecule has 0 aromatic heterocycles. The number of para-hydroxylation sites is 1. The van der Waals surface area contributed by atoms with Crippen molar-refractivity contribution in [1.82, 2.24) is 0 Å². The number of anilines is 1. The van der Waals surface area contributed by atoms with Crippen molar-refractivity contribution in [3.05, 3.63) is 70.9 Å². The number of phenolic OH excluding ortho intramolecular Hbond substituents is 1. The van der Waals surface area contributed by atoms with E-state index in [0.717, 1.165) is 0 Å². The third-order valence-electron chi connectivity index (χ3n) is 4.36. The fraction of sp³-hybridized carbons (Fsp3) is 0.143. The lowest BCUT2D eigenvalue weighted by atomic mass is 10.0. The first kappa shape index (κ1) is 18.3. The molecule has 138 valence electrons. The number of esters is 1. The molecule has 0 saturated carbocycles. The number of aromatic hydroxyl groups is 1. The van der Waals surface area contributed by atoms with E-state index in [1.807, 2.05) is 0 Å². The van der Waals surface area contributed by atoms with Gasteiger partial charge in [-0.05, 0) is 43.3 Å². The monoisotopic (exact) mass is 365 g/mol. The molecule has 1 amide bonds. The molecule has 0 unspecified atom stereocenters. The average molecular weight is 365 g/mol. The number of ether oxygens (including phenoxy) is 2. The number of amides is 1. The molecule has 1 N–H and O–H groups in total. The van der Waals surface area contributed by atoms with Gasteiger partial charge in [-0.2, -0.15) is 0 Å². The fourth-order valence-corrected chi connectivity index (χ4v) is 2.99. The molecule has 2 aromatic carbocycles. The molecule has 0 radical (unpaired) electrons. The van der Waals surface area contributed by atoms with Crippen molar-refractivity contribution in [1.29, 1.82) is 0 Å². The Hall–Kier alpha value is -3.54. The standard InChI is InChI=1S/C21H19NO5/c1-13-19(21(25)27-3)17(12-14-6-4-5-7-18(14)23)20(24)22(13)15-8-10-16(26-2)11-9-15/h4-12,23H,1-3H3. The molecule has 0 bridgehead atoms. The molecule has 2 aromatic rings. The van der Waals surface area contributed by atoms with E-state index in [4.69, 9.17) is 9.47 Å². The van der Waals surface area contributed by atoms with Gasteiger partial charge in [-0.3, -0.25) is 9.69 Å². The fourth-order valence-electron chi connectivity index (χ4n) is 2.99. The van der Waals surface area contributed by atoms with E-state index in [0.29, 0.717) is 22.7 Å². The van der Waals surface area contributed by atoms with Crippen LogP contribution in [0.3, 0.4) is 0 Å². The van der Waals surface area contributed by atoms with Crippen LogP contribution in [-0.4, -0.2) is 31.2 Å². The Morgan fingerprint density at radius 2 is 1.74 bits per heavy atom. The second kappa shape index (κ2) is 7.37. The van der Waals surface area contributed by atoms with Gasteiger partial charge in [0.05, 0.1) is 25.4 Å². The third-order valence-corrected chi connectivity index (χ3v) is 4.36. The van der Waals surface area contributed by atoms with Crippen LogP contribution >= 0.6 is 0 Å². The van der Waals surface area contributed by atoms with Crippen molar-refractivity contribution < 1.29 is 24.2 Å². The summed E-state index contributed by atoms with van der Waals surface area (Å²) in [4.78, 5) is 26.9. The van der Waals surface area contributed by atoms with Gasteiger partial charge in [-0.1, -0.05) is 18.2 Å². The molecule has 0 saturated heterocycles. The summed E-state index contributed by atoms with van der Waals surface area (Å²) >= 11 is 0. The normalized spacial score (nSPS) is 15.4. The largest absolute Gasteiger partial charge is 0.507 e. The zero-order valence-corrected chi connectivity index (χ0v) is 15.2. The van der Waals surface area contributed by atoms with Gasteiger partial charge in [0.2, 0.25) is 0 Å². The summed E-state index contributed by atoms with van der Waals surface area (Å²) in [6.07, 6.45) is 1.50. The molecule has 0 aliphatic carbocycles. The molecule has 1 aliphatic heterocycles. The van der Waals surface area contributed by atoms with Crippen molar-refractivity contribution in [3.8, 4) is 11.5 Å². The number of methoxy groups -OCH3 is 2. The number of hydrogen-bond donors (Lipinski definition) is 1. The Morgan fingerprint density at radius 3 is 2.33 bits per heavy atom. The number of carbonyl (C=O) groups is 2. The van der Waals surface area contributed by atoms with Gasteiger partial charge in [0, 0.05) is 16.9 Å². The van der Waals surface area contributed by atoms with Crippen LogP contribution < -0.4 is 9.64 Å². The molecule has 0 fully saturated rings. The maximum Gasteiger partial charge on any atom is 0.340 e. The molecular formula is C21H19NO5. The Labute approximate surface area is 156 Å². The minimum Gasteiger partial charge on any atom is -0.507 e. The molecule has 1 aliphatic rings. The minimum atomic E-state index is -0.612. The zero-order chi connectivity index (χ0) is 19.6. The van der Waals surface area contributed by atoms with Crippen molar-refractivity contribution >= 4 is 23.6 Å². The summed E-state index contributed by atoms with van der Waals surface area (Å²) < 4.78 is 10.0. The van der Waals surface area contributed by atoms with Crippen LogP contribution in [0.25, 0.3) is 6.08 Å². The molecule has 6 heteroatoms. The van der Waals surface area contributed by atoms with E-state index in [9.17, 15) is 14.7 Å². The van der Waals surface area contributed by atoms with Gasteiger partial charge in [0.15, 0.2) is 0 Å². The van der Waals surface area contributed by atoms with Crippen LogP contribution in [0.4, 0.5) is 5.69 Å². The van der Waals surface area contributed by atoms with E-state index >= 15 is 0 Å². The van der Waals surface area contributed by atoms with Crippen molar-refractivity contribution in [2.45, 2.75) is 6.92 Å².